The maximum Gasteiger partial charge on any atom is 0.276 e. The van der Waals surface area contributed by atoms with Crippen molar-refractivity contribution in [3.8, 4) is 0 Å². The summed E-state index contributed by atoms with van der Waals surface area (Å²) >= 11 is 0. The number of hydrogen-bond acceptors (Lipinski definition) is 4. The summed E-state index contributed by atoms with van der Waals surface area (Å²) in [5, 5.41) is 10.3. The molecule has 3 aromatic rings. The van der Waals surface area contributed by atoms with Crippen LogP contribution in [0.25, 0.3) is 10.9 Å². The molecule has 1 amide bonds. The van der Waals surface area contributed by atoms with Crippen LogP contribution in [0, 0.1) is 0 Å². The minimum absolute atomic E-state index is 0.184. The molecule has 0 bridgehead atoms. The van der Waals surface area contributed by atoms with Crippen LogP contribution in [0.5, 0.6) is 0 Å². The van der Waals surface area contributed by atoms with E-state index >= 15 is 0 Å². The lowest BCUT2D eigenvalue weighted by atomic mass is 10.2. The third-order valence-corrected chi connectivity index (χ3v) is 6.37. The molecule has 2 aromatic carbocycles. The molecule has 1 aliphatic rings. The third-order valence-electron chi connectivity index (χ3n) is 4.48. The fraction of sp³-hybridized carbons (Fsp3) is 0.222. The van der Waals surface area contributed by atoms with Gasteiger partial charge in [0.15, 0.2) is 5.69 Å². The summed E-state index contributed by atoms with van der Waals surface area (Å²) < 4.78 is 26.8. The molecule has 1 aliphatic heterocycles. The van der Waals surface area contributed by atoms with Crippen LogP contribution < -0.4 is 5.32 Å². The van der Waals surface area contributed by atoms with E-state index in [1.165, 1.54) is 10.4 Å². The number of aromatic amines is 1. The van der Waals surface area contributed by atoms with Crippen molar-refractivity contribution >= 4 is 32.5 Å². The van der Waals surface area contributed by atoms with Crippen molar-refractivity contribution in [1.29, 1.82) is 0 Å². The van der Waals surface area contributed by atoms with Crippen molar-refractivity contribution in [2.24, 2.45) is 0 Å². The maximum atomic E-state index is 12.7. The number of rotatable bonds is 4. The van der Waals surface area contributed by atoms with Crippen LogP contribution in [-0.4, -0.2) is 41.9 Å². The van der Waals surface area contributed by atoms with Gasteiger partial charge in [-0.05, 0) is 37.1 Å². The third kappa shape index (κ3) is 2.97. The zero-order chi connectivity index (χ0) is 18.1. The Hall–Kier alpha value is -2.71. The first-order chi connectivity index (χ1) is 12.6. The van der Waals surface area contributed by atoms with Gasteiger partial charge in [0.2, 0.25) is 10.0 Å². The SMILES string of the molecule is O=C(Nc1cccc(S(=O)(=O)N2CCCC2)c1)c1n[nH]c2ccccc12. The number of amides is 1. The number of sulfonamides is 1. The Kier molecular flexibility index (Phi) is 4.21. The minimum Gasteiger partial charge on any atom is -0.321 e. The first-order valence-corrected chi connectivity index (χ1v) is 9.84. The second kappa shape index (κ2) is 6.54. The quantitative estimate of drug-likeness (QED) is 0.738. The largest absolute Gasteiger partial charge is 0.321 e. The van der Waals surface area contributed by atoms with Crippen LogP contribution in [-0.2, 0) is 10.0 Å². The fourth-order valence-corrected chi connectivity index (χ4v) is 4.70. The highest BCUT2D eigenvalue weighted by atomic mass is 32.2. The highest BCUT2D eigenvalue weighted by Gasteiger charge is 2.27. The number of anilines is 1. The fourth-order valence-electron chi connectivity index (χ4n) is 3.14. The first kappa shape index (κ1) is 16.7. The molecule has 134 valence electrons. The van der Waals surface area contributed by atoms with E-state index in [4.69, 9.17) is 0 Å². The number of aromatic nitrogens is 2. The van der Waals surface area contributed by atoms with E-state index < -0.39 is 15.9 Å². The molecule has 2 heterocycles. The van der Waals surface area contributed by atoms with Gasteiger partial charge >= 0.3 is 0 Å². The van der Waals surface area contributed by atoms with E-state index in [1.54, 1.807) is 18.2 Å². The highest BCUT2D eigenvalue weighted by Crippen LogP contribution is 2.24. The monoisotopic (exact) mass is 370 g/mol. The van der Waals surface area contributed by atoms with Gasteiger partial charge in [-0.1, -0.05) is 24.3 Å². The molecule has 2 N–H and O–H groups in total. The number of fused-ring (bicyclic) bond motifs is 1. The lowest BCUT2D eigenvalue weighted by molar-refractivity contribution is 0.102. The Balaban J connectivity index is 1.60. The number of benzene rings is 2. The van der Waals surface area contributed by atoms with Crippen LogP contribution >= 0.6 is 0 Å². The van der Waals surface area contributed by atoms with E-state index in [-0.39, 0.29) is 10.6 Å². The zero-order valence-corrected chi connectivity index (χ0v) is 14.8. The Morgan fingerprint density at radius 1 is 1.08 bits per heavy atom. The Morgan fingerprint density at radius 2 is 1.85 bits per heavy atom. The molecular formula is C18H18N4O3S. The van der Waals surface area contributed by atoms with Gasteiger partial charge in [0.05, 0.1) is 10.4 Å². The summed E-state index contributed by atoms with van der Waals surface area (Å²) in [6.45, 7) is 1.08. The van der Waals surface area contributed by atoms with Gasteiger partial charge in [0.1, 0.15) is 0 Å². The topological polar surface area (TPSA) is 95.2 Å². The molecule has 0 radical (unpaired) electrons. The lowest BCUT2D eigenvalue weighted by Gasteiger charge is -2.16. The molecule has 0 spiro atoms. The molecule has 0 atom stereocenters. The van der Waals surface area contributed by atoms with E-state index in [9.17, 15) is 13.2 Å². The molecule has 1 saturated heterocycles. The normalized spacial score (nSPS) is 15.4. The van der Waals surface area contributed by atoms with Crippen molar-refractivity contribution in [1.82, 2.24) is 14.5 Å². The van der Waals surface area contributed by atoms with E-state index in [1.807, 2.05) is 24.3 Å². The van der Waals surface area contributed by atoms with Gasteiger partial charge in [0.25, 0.3) is 5.91 Å². The summed E-state index contributed by atoms with van der Waals surface area (Å²) in [7, 11) is -3.53. The van der Waals surface area contributed by atoms with Crippen molar-refractivity contribution in [2.45, 2.75) is 17.7 Å². The van der Waals surface area contributed by atoms with Crippen LogP contribution in [0.3, 0.4) is 0 Å². The summed E-state index contributed by atoms with van der Waals surface area (Å²) in [6, 6.07) is 13.7. The van der Waals surface area contributed by atoms with Crippen LogP contribution in [0.15, 0.2) is 53.4 Å². The average Bonchev–Trinajstić information content (AvgIpc) is 3.32. The van der Waals surface area contributed by atoms with Gasteiger partial charge in [-0.25, -0.2) is 8.42 Å². The molecule has 26 heavy (non-hydrogen) atoms. The summed E-state index contributed by atoms with van der Waals surface area (Å²) in [6.07, 6.45) is 1.75. The second-order valence-corrected chi connectivity index (χ2v) is 8.15. The minimum atomic E-state index is -3.53. The standard InChI is InChI=1S/C18H18N4O3S/c23-18(17-15-8-1-2-9-16(15)20-21-17)19-13-6-5-7-14(12-13)26(24,25)22-10-3-4-11-22/h1-2,5-9,12H,3-4,10-11H2,(H,19,23)(H,20,21). The Labute approximate surface area is 151 Å². The first-order valence-electron chi connectivity index (χ1n) is 8.40. The van der Waals surface area contributed by atoms with E-state index in [0.29, 0.717) is 24.2 Å². The molecule has 4 rings (SSSR count). The summed E-state index contributed by atoms with van der Waals surface area (Å²) in [5.41, 5.74) is 1.46. The van der Waals surface area contributed by atoms with E-state index in [2.05, 4.69) is 15.5 Å². The molecule has 0 saturated carbocycles. The number of nitrogens with one attached hydrogen (secondary N) is 2. The van der Waals surface area contributed by atoms with Crippen molar-refractivity contribution < 1.29 is 13.2 Å². The van der Waals surface area contributed by atoms with Crippen LogP contribution in [0.2, 0.25) is 0 Å². The Morgan fingerprint density at radius 3 is 2.65 bits per heavy atom. The molecule has 1 fully saturated rings. The summed E-state index contributed by atoms with van der Waals surface area (Å²) in [5.74, 6) is -0.391. The van der Waals surface area contributed by atoms with Crippen LogP contribution in [0.1, 0.15) is 23.3 Å². The second-order valence-electron chi connectivity index (χ2n) is 6.21. The number of carbonyl (C=O) groups excluding carboxylic acids is 1. The highest BCUT2D eigenvalue weighted by molar-refractivity contribution is 7.89. The van der Waals surface area contributed by atoms with Crippen molar-refractivity contribution in [3.05, 3.63) is 54.2 Å². The van der Waals surface area contributed by atoms with E-state index in [0.717, 1.165) is 18.4 Å². The van der Waals surface area contributed by atoms with Gasteiger partial charge in [-0.2, -0.15) is 9.40 Å². The predicted molar refractivity (Wildman–Crippen MR) is 98.5 cm³/mol. The number of hydrogen-bond donors (Lipinski definition) is 2. The predicted octanol–water partition coefficient (Wildman–Crippen LogP) is 2.60. The molecule has 0 aliphatic carbocycles. The average molecular weight is 370 g/mol. The van der Waals surface area contributed by atoms with Gasteiger partial charge in [-0.3, -0.25) is 9.89 Å². The molecule has 8 heteroatoms. The number of para-hydroxylation sites is 1. The number of carbonyl (C=O) groups is 1. The zero-order valence-electron chi connectivity index (χ0n) is 14.0. The molecule has 1 aromatic heterocycles. The Bertz CT molecular complexity index is 1070. The van der Waals surface area contributed by atoms with Crippen molar-refractivity contribution in [2.75, 3.05) is 18.4 Å². The summed E-state index contributed by atoms with van der Waals surface area (Å²) in [4.78, 5) is 12.7. The maximum absolute atomic E-state index is 12.7. The van der Waals surface area contributed by atoms with Gasteiger partial charge < -0.3 is 5.32 Å². The van der Waals surface area contributed by atoms with Gasteiger partial charge in [0, 0.05) is 24.2 Å². The molecule has 0 unspecified atom stereocenters. The molecule has 7 nitrogen and oxygen atoms in total. The smallest absolute Gasteiger partial charge is 0.276 e. The molecular weight excluding hydrogens is 352 g/mol. The van der Waals surface area contributed by atoms with Gasteiger partial charge in [-0.15, -0.1) is 0 Å². The number of nitrogens with zero attached hydrogens (tertiary/aromatic N) is 2. The van der Waals surface area contributed by atoms with Crippen LogP contribution in [0.4, 0.5) is 5.69 Å². The van der Waals surface area contributed by atoms with Crippen molar-refractivity contribution in [3.63, 3.8) is 0 Å². The lowest BCUT2D eigenvalue weighted by Crippen LogP contribution is -2.27. The number of H-pyrrole nitrogens is 1.